The van der Waals surface area contributed by atoms with Gasteiger partial charge in [0.2, 0.25) is 0 Å². The van der Waals surface area contributed by atoms with Gasteiger partial charge >= 0.3 is 6.18 Å². The number of carbonyl (C=O) groups excluding carboxylic acids is 2. The third-order valence-corrected chi connectivity index (χ3v) is 3.87. The van der Waals surface area contributed by atoms with E-state index in [0.717, 1.165) is 4.68 Å². The molecule has 4 nitrogen and oxygen atoms in total. The number of halogens is 4. The van der Waals surface area contributed by atoms with E-state index in [-0.39, 0.29) is 28.5 Å². The minimum absolute atomic E-state index is 0.221. The van der Waals surface area contributed by atoms with Gasteiger partial charge in [-0.2, -0.15) is 18.3 Å². The Balaban J connectivity index is 2.42. The molecule has 1 aromatic carbocycles. The van der Waals surface area contributed by atoms with Gasteiger partial charge in [-0.1, -0.05) is 17.7 Å². The Morgan fingerprint density at radius 1 is 1.29 bits per heavy atom. The van der Waals surface area contributed by atoms with Crippen LogP contribution in [0.5, 0.6) is 0 Å². The SMILES string of the molecule is CC(=O)c1cc(CC(=O)c2c(C(F)(F)F)c(C)nn2C)ccc1Cl. The summed E-state index contributed by atoms with van der Waals surface area (Å²) in [5.41, 5.74) is -1.16. The van der Waals surface area contributed by atoms with Crippen molar-refractivity contribution in [2.45, 2.75) is 26.4 Å². The number of aryl methyl sites for hydroxylation is 2. The van der Waals surface area contributed by atoms with Crippen molar-refractivity contribution in [3.8, 4) is 0 Å². The third-order valence-electron chi connectivity index (χ3n) is 3.54. The van der Waals surface area contributed by atoms with Crippen LogP contribution in [0.2, 0.25) is 5.02 Å². The summed E-state index contributed by atoms with van der Waals surface area (Å²) < 4.78 is 40.5. The van der Waals surface area contributed by atoms with Gasteiger partial charge in [0.05, 0.1) is 10.7 Å². The first-order valence-electron chi connectivity index (χ1n) is 6.95. The highest BCUT2D eigenvalue weighted by atomic mass is 35.5. The molecule has 0 aliphatic rings. The fourth-order valence-corrected chi connectivity index (χ4v) is 2.79. The number of nitrogens with zero attached hydrogens (tertiary/aromatic N) is 2. The summed E-state index contributed by atoms with van der Waals surface area (Å²) in [6.07, 6.45) is -4.96. The second-order valence-corrected chi connectivity index (χ2v) is 5.81. The summed E-state index contributed by atoms with van der Waals surface area (Å²) in [7, 11) is 1.29. The van der Waals surface area contributed by atoms with E-state index in [1.54, 1.807) is 0 Å². The number of ketones is 2. The third kappa shape index (κ3) is 3.51. The molecule has 128 valence electrons. The Kier molecular flexibility index (Phi) is 4.85. The molecule has 1 heterocycles. The van der Waals surface area contributed by atoms with Crippen LogP contribution in [0.15, 0.2) is 18.2 Å². The highest BCUT2D eigenvalue weighted by Gasteiger charge is 2.40. The highest BCUT2D eigenvalue weighted by Crippen LogP contribution is 2.34. The average molecular weight is 359 g/mol. The zero-order valence-corrected chi connectivity index (χ0v) is 13.9. The minimum atomic E-state index is -4.67. The van der Waals surface area contributed by atoms with Crippen molar-refractivity contribution < 1.29 is 22.8 Å². The van der Waals surface area contributed by atoms with Crippen LogP contribution in [0.4, 0.5) is 13.2 Å². The maximum Gasteiger partial charge on any atom is 0.420 e. The summed E-state index contributed by atoms with van der Waals surface area (Å²) in [6, 6.07) is 4.36. The van der Waals surface area contributed by atoms with E-state index in [0.29, 0.717) is 5.56 Å². The predicted octanol–water partition coefficient (Wildman–Crippen LogP) is 4.03. The van der Waals surface area contributed by atoms with Crippen LogP contribution in [-0.4, -0.2) is 21.3 Å². The van der Waals surface area contributed by atoms with Crippen molar-refractivity contribution in [1.82, 2.24) is 9.78 Å². The molecule has 0 unspecified atom stereocenters. The van der Waals surface area contributed by atoms with Gasteiger partial charge in [-0.05, 0) is 31.5 Å². The molecule has 0 saturated carbocycles. The van der Waals surface area contributed by atoms with E-state index in [9.17, 15) is 22.8 Å². The number of aromatic nitrogens is 2. The summed E-state index contributed by atoms with van der Waals surface area (Å²) >= 11 is 5.89. The van der Waals surface area contributed by atoms with E-state index in [4.69, 9.17) is 11.6 Å². The monoisotopic (exact) mass is 358 g/mol. The first-order chi connectivity index (χ1) is 11.0. The van der Waals surface area contributed by atoms with Gasteiger partial charge in [0, 0.05) is 19.0 Å². The lowest BCUT2D eigenvalue weighted by atomic mass is 10.0. The van der Waals surface area contributed by atoms with Crippen molar-refractivity contribution in [3.05, 3.63) is 51.3 Å². The molecule has 0 atom stereocenters. The van der Waals surface area contributed by atoms with Gasteiger partial charge in [0.25, 0.3) is 0 Å². The van der Waals surface area contributed by atoms with Gasteiger partial charge < -0.3 is 0 Å². The number of hydrogen-bond donors (Lipinski definition) is 0. The number of carbonyl (C=O) groups is 2. The Hall–Kier alpha value is -2.15. The first-order valence-corrected chi connectivity index (χ1v) is 7.33. The van der Waals surface area contributed by atoms with Gasteiger partial charge in [0.1, 0.15) is 11.3 Å². The number of Topliss-reactive ketones (excluding diaryl/α,β-unsaturated/α-hetero) is 2. The van der Waals surface area contributed by atoms with E-state index in [1.165, 1.54) is 39.1 Å². The molecule has 0 N–H and O–H groups in total. The fraction of sp³-hybridized carbons (Fsp3) is 0.312. The van der Waals surface area contributed by atoms with Crippen LogP contribution >= 0.6 is 11.6 Å². The molecule has 0 saturated heterocycles. The molecule has 2 aromatic rings. The fourth-order valence-electron chi connectivity index (χ4n) is 2.54. The Morgan fingerprint density at radius 3 is 2.46 bits per heavy atom. The average Bonchev–Trinajstić information content (AvgIpc) is 2.75. The van der Waals surface area contributed by atoms with Crippen molar-refractivity contribution in [1.29, 1.82) is 0 Å². The second kappa shape index (κ2) is 6.39. The summed E-state index contributed by atoms with van der Waals surface area (Å²) in [4.78, 5) is 23.9. The topological polar surface area (TPSA) is 52.0 Å². The lowest BCUT2D eigenvalue weighted by Crippen LogP contribution is -2.17. The Bertz CT molecular complexity index is 825. The normalized spacial score (nSPS) is 11.6. The maximum absolute atomic E-state index is 13.2. The zero-order chi connectivity index (χ0) is 18.2. The molecule has 0 aliphatic carbocycles. The summed E-state index contributed by atoms with van der Waals surface area (Å²) in [5, 5.41) is 3.93. The minimum Gasteiger partial charge on any atom is -0.294 e. The van der Waals surface area contributed by atoms with Crippen LogP contribution in [0, 0.1) is 6.92 Å². The first kappa shape index (κ1) is 18.2. The lowest BCUT2D eigenvalue weighted by Gasteiger charge is -2.10. The van der Waals surface area contributed by atoms with E-state index in [1.807, 2.05) is 0 Å². The molecule has 0 spiro atoms. The van der Waals surface area contributed by atoms with Crippen LogP contribution in [0.1, 0.15) is 44.6 Å². The van der Waals surface area contributed by atoms with Crippen LogP contribution in [0.3, 0.4) is 0 Å². The molecule has 0 fully saturated rings. The maximum atomic E-state index is 13.2. The van der Waals surface area contributed by atoms with Gasteiger partial charge in [-0.3, -0.25) is 14.3 Å². The van der Waals surface area contributed by atoms with Gasteiger partial charge in [0.15, 0.2) is 11.6 Å². The molecule has 2 rings (SSSR count). The van der Waals surface area contributed by atoms with E-state index >= 15 is 0 Å². The van der Waals surface area contributed by atoms with Crippen LogP contribution in [-0.2, 0) is 19.6 Å². The quantitative estimate of drug-likeness (QED) is 0.775. The molecule has 8 heteroatoms. The molecule has 0 aliphatic heterocycles. The highest BCUT2D eigenvalue weighted by molar-refractivity contribution is 6.33. The number of alkyl halides is 3. The van der Waals surface area contributed by atoms with Gasteiger partial charge in [-0.25, -0.2) is 0 Å². The molecule has 24 heavy (non-hydrogen) atoms. The standard InChI is InChI=1S/C16H14ClF3N2O2/c1-8-14(16(18,19)20)15(22(3)21-8)13(24)7-10-4-5-12(17)11(6-10)9(2)23/h4-6H,7H2,1-3H3. The van der Waals surface area contributed by atoms with Crippen molar-refractivity contribution in [2.75, 3.05) is 0 Å². The zero-order valence-electron chi connectivity index (χ0n) is 13.2. The summed E-state index contributed by atoms with van der Waals surface area (Å²) in [5.74, 6) is -1.02. The number of benzene rings is 1. The molecule has 0 amide bonds. The van der Waals surface area contributed by atoms with Crippen molar-refractivity contribution >= 4 is 23.2 Å². The largest absolute Gasteiger partial charge is 0.420 e. The van der Waals surface area contributed by atoms with E-state index in [2.05, 4.69) is 5.10 Å². The molecular formula is C16H14ClF3N2O2. The lowest BCUT2D eigenvalue weighted by molar-refractivity contribution is -0.138. The molecule has 1 aromatic heterocycles. The molecule has 0 bridgehead atoms. The number of hydrogen-bond acceptors (Lipinski definition) is 3. The molecular weight excluding hydrogens is 345 g/mol. The predicted molar refractivity (Wildman–Crippen MR) is 82.4 cm³/mol. The second-order valence-electron chi connectivity index (χ2n) is 5.40. The smallest absolute Gasteiger partial charge is 0.294 e. The van der Waals surface area contributed by atoms with Crippen molar-refractivity contribution in [3.63, 3.8) is 0 Å². The summed E-state index contributed by atoms with van der Waals surface area (Å²) in [6.45, 7) is 2.52. The number of rotatable bonds is 4. The van der Waals surface area contributed by atoms with Crippen LogP contribution in [0.25, 0.3) is 0 Å². The van der Waals surface area contributed by atoms with Crippen molar-refractivity contribution in [2.24, 2.45) is 7.05 Å². The van der Waals surface area contributed by atoms with Crippen LogP contribution < -0.4 is 0 Å². The Labute approximate surface area is 141 Å². The van der Waals surface area contributed by atoms with Gasteiger partial charge in [-0.15, -0.1) is 0 Å². The Morgan fingerprint density at radius 2 is 1.92 bits per heavy atom. The van der Waals surface area contributed by atoms with E-state index < -0.39 is 23.2 Å². The molecule has 0 radical (unpaired) electrons.